The van der Waals surface area contributed by atoms with Crippen molar-refractivity contribution < 1.29 is 32.9 Å². The first-order valence-electron chi connectivity index (χ1n) is 13.2. The van der Waals surface area contributed by atoms with Crippen LogP contribution in [0.5, 0.6) is 11.5 Å². The van der Waals surface area contributed by atoms with E-state index in [0.29, 0.717) is 26.2 Å². The van der Waals surface area contributed by atoms with Gasteiger partial charge >= 0.3 is 0 Å². The number of hydrogen-bond acceptors (Lipinski definition) is 7. The molecule has 0 aliphatic carbocycles. The first-order chi connectivity index (χ1) is 19.2. The summed E-state index contributed by atoms with van der Waals surface area (Å²) in [6.07, 6.45) is 4.64. The van der Waals surface area contributed by atoms with Crippen molar-refractivity contribution >= 4 is 5.91 Å². The summed E-state index contributed by atoms with van der Waals surface area (Å²) in [5, 5.41) is 15.9. The van der Waals surface area contributed by atoms with Crippen LogP contribution >= 0.6 is 0 Å². The predicted octanol–water partition coefficient (Wildman–Crippen LogP) is 3.04. The fraction of sp³-hybridized carbons (Fsp3) is 0.448. The highest BCUT2D eigenvalue weighted by atomic mass is 19.2. The first kappa shape index (κ1) is 29.4. The van der Waals surface area contributed by atoms with Gasteiger partial charge in [-0.1, -0.05) is 12.1 Å². The summed E-state index contributed by atoms with van der Waals surface area (Å²) in [4.78, 5) is 16.2. The maximum absolute atomic E-state index is 13.7. The van der Waals surface area contributed by atoms with Gasteiger partial charge in [0.2, 0.25) is 5.91 Å². The maximum atomic E-state index is 13.7. The Labute approximate surface area is 232 Å². The summed E-state index contributed by atoms with van der Waals surface area (Å²) in [6.45, 7) is 4.60. The lowest BCUT2D eigenvalue weighted by molar-refractivity contribution is -0.138. The van der Waals surface area contributed by atoms with Crippen molar-refractivity contribution in [3.63, 3.8) is 0 Å². The van der Waals surface area contributed by atoms with E-state index in [1.54, 1.807) is 4.90 Å². The van der Waals surface area contributed by atoms with Gasteiger partial charge in [-0.05, 0) is 42.3 Å². The van der Waals surface area contributed by atoms with Crippen molar-refractivity contribution in [3.8, 4) is 11.5 Å². The molecule has 1 aromatic heterocycles. The number of amides is 1. The normalized spacial score (nSPS) is 18.0. The second-order valence-corrected chi connectivity index (χ2v) is 10.2. The molecule has 1 N–H and O–H groups in total. The van der Waals surface area contributed by atoms with Gasteiger partial charge in [-0.2, -0.15) is 5.10 Å². The lowest BCUT2D eigenvalue weighted by Crippen LogP contribution is -2.52. The molecule has 0 radical (unpaired) electrons. The van der Waals surface area contributed by atoms with E-state index in [1.165, 1.54) is 13.2 Å². The summed E-state index contributed by atoms with van der Waals surface area (Å²) in [5.74, 6) is -1.44. The molecular formula is C29H36F2N4O5. The van der Waals surface area contributed by atoms with Crippen LogP contribution in [-0.2, 0) is 22.6 Å². The molecule has 2 aromatic carbocycles. The molecule has 216 valence electrons. The molecule has 0 unspecified atom stereocenters. The Morgan fingerprint density at radius 2 is 1.90 bits per heavy atom. The number of aliphatic hydroxyl groups is 1. The summed E-state index contributed by atoms with van der Waals surface area (Å²) < 4.78 is 45.5. The maximum Gasteiger partial charge on any atom is 0.248 e. The Bertz CT molecular complexity index is 1270. The van der Waals surface area contributed by atoms with E-state index >= 15 is 0 Å². The number of β-amino-alcohol motifs (C(OH)–C–C–N with tert-alkyl or cyclic N) is 1. The second-order valence-electron chi connectivity index (χ2n) is 10.2. The zero-order valence-corrected chi connectivity index (χ0v) is 22.9. The van der Waals surface area contributed by atoms with Gasteiger partial charge in [-0.25, -0.2) is 8.78 Å². The molecule has 1 aliphatic rings. The molecule has 11 heteroatoms. The number of aromatic nitrogens is 2. The van der Waals surface area contributed by atoms with Crippen LogP contribution < -0.4 is 9.47 Å². The lowest BCUT2D eigenvalue weighted by Gasteiger charge is -2.33. The Kier molecular flexibility index (Phi) is 10.1. The quantitative estimate of drug-likeness (QED) is 0.342. The first-order valence-corrected chi connectivity index (χ1v) is 13.2. The van der Waals surface area contributed by atoms with E-state index in [2.05, 4.69) is 5.10 Å². The number of ether oxygens (including phenoxy) is 3. The predicted molar refractivity (Wildman–Crippen MR) is 144 cm³/mol. The number of rotatable bonds is 12. The number of carbonyl (C=O) groups excluding carboxylic acids is 1. The molecule has 2 heterocycles. The topological polar surface area (TPSA) is 89.3 Å². The van der Waals surface area contributed by atoms with E-state index < -0.39 is 17.2 Å². The van der Waals surface area contributed by atoms with Gasteiger partial charge in [0.1, 0.15) is 30.3 Å². The lowest BCUT2D eigenvalue weighted by atomic mass is 10.0. The summed E-state index contributed by atoms with van der Waals surface area (Å²) in [7, 11) is 1.44. The Balaban J connectivity index is 1.39. The molecule has 1 saturated heterocycles. The highest BCUT2D eigenvalue weighted by molar-refractivity contribution is 5.77. The van der Waals surface area contributed by atoms with Crippen LogP contribution in [0.2, 0.25) is 0 Å². The van der Waals surface area contributed by atoms with Crippen molar-refractivity contribution in [3.05, 3.63) is 77.6 Å². The van der Waals surface area contributed by atoms with Crippen LogP contribution in [0.4, 0.5) is 8.78 Å². The average Bonchev–Trinajstić information content (AvgIpc) is 3.26. The molecular weight excluding hydrogens is 522 g/mol. The minimum absolute atomic E-state index is 0.00823. The molecule has 1 amide bonds. The van der Waals surface area contributed by atoms with Crippen LogP contribution in [0.15, 0.2) is 54.9 Å². The Morgan fingerprint density at radius 3 is 2.65 bits per heavy atom. The number of carbonyl (C=O) groups is 1. The zero-order chi connectivity index (χ0) is 28.5. The van der Waals surface area contributed by atoms with E-state index in [9.17, 15) is 18.7 Å². The van der Waals surface area contributed by atoms with Crippen LogP contribution in [0.25, 0.3) is 0 Å². The summed E-state index contributed by atoms with van der Waals surface area (Å²) >= 11 is 0. The van der Waals surface area contributed by atoms with Crippen LogP contribution in [0.1, 0.15) is 17.5 Å². The van der Waals surface area contributed by atoms with Gasteiger partial charge in [-0.3, -0.25) is 14.4 Å². The highest BCUT2D eigenvalue weighted by Gasteiger charge is 2.37. The molecule has 9 nitrogen and oxygen atoms in total. The fourth-order valence-corrected chi connectivity index (χ4v) is 4.68. The van der Waals surface area contributed by atoms with Crippen LogP contribution in [0, 0.1) is 18.6 Å². The summed E-state index contributed by atoms with van der Waals surface area (Å²) in [6, 6.07) is 11.0. The fourth-order valence-electron chi connectivity index (χ4n) is 4.68. The van der Waals surface area contributed by atoms with Gasteiger partial charge in [0.05, 0.1) is 19.3 Å². The zero-order valence-electron chi connectivity index (χ0n) is 22.9. The third-order valence-electron chi connectivity index (χ3n) is 6.58. The number of methoxy groups -OCH3 is 1. The SMILES string of the molecule is COCC(=O)N1CCN(Cc2cccc(OCCCn3cc(C)cn3)c2)C[C@](O)(COc2ccc(F)c(F)c2)C1. The minimum atomic E-state index is -1.47. The van der Waals surface area contributed by atoms with Gasteiger partial charge in [0.15, 0.2) is 11.6 Å². The third-order valence-corrected chi connectivity index (χ3v) is 6.58. The van der Waals surface area contributed by atoms with E-state index in [1.807, 2.05) is 53.2 Å². The van der Waals surface area contributed by atoms with E-state index in [4.69, 9.17) is 14.2 Å². The number of nitrogens with zero attached hydrogens (tertiary/aromatic N) is 4. The standard InChI is InChI=1S/C29H36F2N4O5/c1-22-15-32-35(16-22)9-4-12-39-24-6-3-5-23(13-24)17-33-10-11-34(28(36)18-38-2)20-29(37,19-33)21-40-25-7-8-26(30)27(31)14-25/h3,5-8,13-16,37H,4,9-12,17-21H2,1-2H3/t29-/m1/s1. The molecule has 0 spiro atoms. The number of hydrogen-bond donors (Lipinski definition) is 1. The van der Waals surface area contributed by atoms with Crippen molar-refractivity contribution in [1.29, 1.82) is 0 Å². The molecule has 40 heavy (non-hydrogen) atoms. The monoisotopic (exact) mass is 558 g/mol. The van der Waals surface area contributed by atoms with Gasteiger partial charge in [0.25, 0.3) is 0 Å². The van der Waals surface area contributed by atoms with Gasteiger partial charge < -0.3 is 24.2 Å². The smallest absolute Gasteiger partial charge is 0.248 e. The van der Waals surface area contributed by atoms with Crippen LogP contribution in [-0.4, -0.2) is 89.3 Å². The largest absolute Gasteiger partial charge is 0.494 e. The highest BCUT2D eigenvalue weighted by Crippen LogP contribution is 2.22. The third kappa shape index (κ3) is 8.48. The second kappa shape index (κ2) is 13.7. The van der Waals surface area contributed by atoms with Gasteiger partial charge in [-0.15, -0.1) is 0 Å². The van der Waals surface area contributed by atoms with Crippen LogP contribution in [0.3, 0.4) is 0 Å². The minimum Gasteiger partial charge on any atom is -0.494 e. The molecule has 4 rings (SSSR count). The van der Waals surface area contributed by atoms with E-state index in [-0.39, 0.29) is 38.0 Å². The van der Waals surface area contributed by atoms with Crippen molar-refractivity contribution in [2.45, 2.75) is 32.0 Å². The number of benzene rings is 2. The number of halogens is 2. The molecule has 1 atom stereocenters. The Morgan fingerprint density at radius 1 is 1.07 bits per heavy atom. The average molecular weight is 559 g/mol. The summed E-state index contributed by atoms with van der Waals surface area (Å²) in [5.41, 5.74) is 0.640. The number of aryl methyl sites for hydroxylation is 2. The van der Waals surface area contributed by atoms with Crippen molar-refractivity contribution in [2.24, 2.45) is 0 Å². The molecule has 1 fully saturated rings. The molecule has 1 aliphatic heterocycles. The van der Waals surface area contributed by atoms with Crippen molar-refractivity contribution in [1.82, 2.24) is 19.6 Å². The Hall–Kier alpha value is -3.54. The van der Waals surface area contributed by atoms with Gasteiger partial charge in [0, 0.05) is 58.5 Å². The van der Waals surface area contributed by atoms with E-state index in [0.717, 1.165) is 42.0 Å². The molecule has 0 bridgehead atoms. The van der Waals surface area contributed by atoms with Crippen molar-refractivity contribution in [2.75, 3.05) is 53.1 Å². The molecule has 3 aromatic rings. The molecule has 0 saturated carbocycles.